The third-order valence-corrected chi connectivity index (χ3v) is 3.67. The van der Waals surface area contributed by atoms with Crippen molar-refractivity contribution in [3.63, 3.8) is 0 Å². The van der Waals surface area contributed by atoms with Crippen LogP contribution in [0.3, 0.4) is 0 Å². The van der Waals surface area contributed by atoms with Gasteiger partial charge in [0, 0.05) is 19.3 Å². The fourth-order valence-electron chi connectivity index (χ4n) is 2.24. The summed E-state index contributed by atoms with van der Waals surface area (Å²) in [6.45, 7) is 2.17. The summed E-state index contributed by atoms with van der Waals surface area (Å²) in [6.07, 6.45) is 21.9. The summed E-state index contributed by atoms with van der Waals surface area (Å²) >= 11 is 0. The predicted octanol–water partition coefficient (Wildman–Crippen LogP) is 6.28. The van der Waals surface area contributed by atoms with Crippen molar-refractivity contribution in [1.82, 2.24) is 0 Å². The monoisotopic (exact) mass is 342 g/mol. The lowest BCUT2D eigenvalue weighted by molar-refractivity contribution is -0.136. The van der Waals surface area contributed by atoms with E-state index in [0.717, 1.165) is 19.3 Å². The first kappa shape index (κ1) is 23.1. The number of rotatable bonds is 13. The number of carboxylic acids is 1. The third kappa shape index (κ3) is 22.1. The number of carbonyl (C=O) groups is 1. The smallest absolute Gasteiger partial charge is 0.304 e. The zero-order valence-corrected chi connectivity index (χ0v) is 15.9. The average molecular weight is 343 g/mol. The van der Waals surface area contributed by atoms with E-state index in [9.17, 15) is 4.79 Å². The molecule has 0 saturated heterocycles. The van der Waals surface area contributed by atoms with E-state index in [2.05, 4.69) is 36.7 Å². The van der Waals surface area contributed by atoms with Crippen molar-refractivity contribution < 1.29 is 9.90 Å². The highest BCUT2D eigenvalue weighted by Gasteiger charge is 1.91. The second-order valence-corrected chi connectivity index (χ2v) is 6.12. The van der Waals surface area contributed by atoms with Gasteiger partial charge in [0.15, 0.2) is 0 Å². The summed E-state index contributed by atoms with van der Waals surface area (Å²) in [4.78, 5) is 10.3. The van der Waals surface area contributed by atoms with Crippen molar-refractivity contribution in [2.45, 2.75) is 90.4 Å². The summed E-state index contributed by atoms with van der Waals surface area (Å²) in [7, 11) is 0. The van der Waals surface area contributed by atoms with E-state index in [1.807, 2.05) is 12.2 Å². The van der Waals surface area contributed by atoms with Gasteiger partial charge in [-0.15, -0.1) is 11.8 Å². The topological polar surface area (TPSA) is 37.3 Å². The highest BCUT2D eigenvalue weighted by atomic mass is 16.4. The van der Waals surface area contributed by atoms with Gasteiger partial charge in [0.25, 0.3) is 0 Å². The van der Waals surface area contributed by atoms with Crippen LogP contribution in [0.25, 0.3) is 0 Å². The molecule has 2 nitrogen and oxygen atoms in total. The molecule has 0 radical (unpaired) electrons. The fourth-order valence-corrected chi connectivity index (χ4v) is 2.24. The van der Waals surface area contributed by atoms with E-state index in [4.69, 9.17) is 5.11 Å². The minimum absolute atomic E-state index is 0.115. The molecule has 0 spiro atoms. The van der Waals surface area contributed by atoms with Gasteiger partial charge in [-0.1, -0.05) is 69.1 Å². The van der Waals surface area contributed by atoms with Gasteiger partial charge in [-0.05, 0) is 31.8 Å². The molecule has 0 amide bonds. The molecule has 0 aromatic carbocycles. The highest BCUT2D eigenvalue weighted by molar-refractivity contribution is 5.67. The molecule has 0 bridgehead atoms. The van der Waals surface area contributed by atoms with Crippen molar-refractivity contribution in [3.05, 3.63) is 24.3 Å². The molecule has 25 heavy (non-hydrogen) atoms. The Labute approximate surface area is 154 Å². The zero-order valence-electron chi connectivity index (χ0n) is 15.9. The Morgan fingerprint density at radius 2 is 1.52 bits per heavy atom. The maximum Gasteiger partial charge on any atom is 0.304 e. The van der Waals surface area contributed by atoms with Gasteiger partial charge in [0.1, 0.15) is 0 Å². The van der Waals surface area contributed by atoms with Crippen LogP contribution in [0.2, 0.25) is 0 Å². The molecular formula is C23H34O2. The van der Waals surface area contributed by atoms with Gasteiger partial charge < -0.3 is 5.11 Å². The summed E-state index contributed by atoms with van der Waals surface area (Å²) in [6, 6.07) is 0. The molecule has 0 aliphatic rings. The molecule has 0 saturated carbocycles. The predicted molar refractivity (Wildman–Crippen MR) is 107 cm³/mol. The lowest BCUT2D eigenvalue weighted by Crippen LogP contribution is -1.91. The molecule has 0 aromatic heterocycles. The fraction of sp³-hybridized carbons (Fsp3) is 0.609. The van der Waals surface area contributed by atoms with Crippen LogP contribution in [-0.2, 0) is 4.79 Å². The quantitative estimate of drug-likeness (QED) is 0.243. The first-order valence-electron chi connectivity index (χ1n) is 9.75. The number of unbranched alkanes of at least 4 members (excludes halogenated alkanes) is 9. The summed E-state index contributed by atoms with van der Waals surface area (Å²) in [5.41, 5.74) is 0. The summed E-state index contributed by atoms with van der Waals surface area (Å²) < 4.78 is 0. The zero-order chi connectivity index (χ0) is 18.4. The minimum atomic E-state index is -0.796. The Morgan fingerprint density at radius 3 is 2.24 bits per heavy atom. The number of aliphatic carboxylic acids is 1. The van der Waals surface area contributed by atoms with Crippen LogP contribution in [0.5, 0.6) is 0 Å². The first-order chi connectivity index (χ1) is 12.3. The lowest BCUT2D eigenvalue weighted by Gasteiger charge is -1.99. The number of carboxylic acid groups (broad SMARTS) is 1. The van der Waals surface area contributed by atoms with Crippen LogP contribution < -0.4 is 0 Å². The van der Waals surface area contributed by atoms with Crippen LogP contribution in [0.15, 0.2) is 24.3 Å². The lowest BCUT2D eigenvalue weighted by atomic mass is 10.1. The minimum Gasteiger partial charge on any atom is -0.481 e. The summed E-state index contributed by atoms with van der Waals surface area (Å²) in [5, 5.41) is 8.46. The van der Waals surface area contributed by atoms with E-state index >= 15 is 0 Å². The van der Waals surface area contributed by atoms with E-state index < -0.39 is 5.97 Å². The molecule has 0 rings (SSSR count). The van der Waals surface area contributed by atoms with Gasteiger partial charge in [-0.25, -0.2) is 0 Å². The Balaban J connectivity index is 3.32. The molecule has 0 unspecified atom stereocenters. The molecule has 0 aliphatic heterocycles. The molecule has 0 atom stereocenters. The maximum atomic E-state index is 10.3. The van der Waals surface area contributed by atoms with Crippen LogP contribution in [0.1, 0.15) is 90.4 Å². The molecule has 0 aliphatic carbocycles. The van der Waals surface area contributed by atoms with E-state index in [1.54, 1.807) is 6.08 Å². The molecule has 2 heteroatoms. The number of hydrogen-bond acceptors (Lipinski definition) is 1. The number of hydrogen-bond donors (Lipinski definition) is 1. The van der Waals surface area contributed by atoms with Gasteiger partial charge in [-0.3, -0.25) is 4.79 Å². The SMILES string of the molecule is CCCC#CCCCCCCCCC/C=C/C=C\C#CCCC(=O)O. The highest BCUT2D eigenvalue weighted by Crippen LogP contribution is 2.09. The number of allylic oxidation sites excluding steroid dienone is 4. The van der Waals surface area contributed by atoms with Crippen molar-refractivity contribution in [3.8, 4) is 23.7 Å². The maximum absolute atomic E-state index is 10.3. The molecule has 0 aromatic rings. The Bertz CT molecular complexity index is 492. The molecule has 138 valence electrons. The Morgan fingerprint density at radius 1 is 0.840 bits per heavy atom. The van der Waals surface area contributed by atoms with E-state index in [1.165, 1.54) is 51.4 Å². The van der Waals surface area contributed by atoms with Crippen molar-refractivity contribution in [2.75, 3.05) is 0 Å². The molecule has 1 N–H and O–H groups in total. The van der Waals surface area contributed by atoms with E-state index in [0.29, 0.717) is 6.42 Å². The third-order valence-electron chi connectivity index (χ3n) is 3.67. The second kappa shape index (κ2) is 20.1. The average Bonchev–Trinajstić information content (AvgIpc) is 2.60. The Hall–Kier alpha value is -1.93. The van der Waals surface area contributed by atoms with Crippen molar-refractivity contribution in [2.24, 2.45) is 0 Å². The normalized spacial score (nSPS) is 10.4. The molecular weight excluding hydrogens is 308 g/mol. The van der Waals surface area contributed by atoms with Crippen molar-refractivity contribution in [1.29, 1.82) is 0 Å². The van der Waals surface area contributed by atoms with Gasteiger partial charge in [0.2, 0.25) is 0 Å². The largest absolute Gasteiger partial charge is 0.481 e. The second-order valence-electron chi connectivity index (χ2n) is 6.12. The standard InChI is InChI=1S/C23H34O2/c1-2-3-4-5-6-7-8-9-10-11-12-13-14-15-16-17-18-19-20-21-22-23(24)25/h15-18H,2-3,6-14,21-22H2,1H3,(H,24,25)/b16-15+,18-17-. The summed E-state index contributed by atoms with van der Waals surface area (Å²) in [5.74, 6) is 11.3. The van der Waals surface area contributed by atoms with Crippen molar-refractivity contribution >= 4 is 5.97 Å². The van der Waals surface area contributed by atoms with E-state index in [-0.39, 0.29) is 6.42 Å². The van der Waals surface area contributed by atoms with Gasteiger partial charge >= 0.3 is 5.97 Å². The Kier molecular flexibility index (Phi) is 18.6. The van der Waals surface area contributed by atoms with Crippen LogP contribution in [-0.4, -0.2) is 11.1 Å². The first-order valence-corrected chi connectivity index (χ1v) is 9.75. The molecule has 0 heterocycles. The van der Waals surface area contributed by atoms with Crippen LogP contribution >= 0.6 is 0 Å². The van der Waals surface area contributed by atoms with Gasteiger partial charge in [0.05, 0.1) is 6.42 Å². The van der Waals surface area contributed by atoms with Crippen LogP contribution in [0, 0.1) is 23.7 Å². The van der Waals surface area contributed by atoms with Crippen LogP contribution in [0.4, 0.5) is 0 Å². The van der Waals surface area contributed by atoms with Gasteiger partial charge in [-0.2, -0.15) is 0 Å². The molecule has 0 fully saturated rings.